The first-order valence-electron chi connectivity index (χ1n) is 8.55. The number of nitro groups is 1. The maximum Gasteiger partial charge on any atom is 0.495 e. The number of hydrogen-bond acceptors (Lipinski definition) is 5. The van der Waals surface area contributed by atoms with Crippen LogP contribution in [0.2, 0.25) is 0 Å². The number of likely N-dealkylation sites (tertiary alicyclic amines) is 1. The third kappa shape index (κ3) is 3.28. The van der Waals surface area contributed by atoms with Crippen molar-refractivity contribution in [3.63, 3.8) is 0 Å². The van der Waals surface area contributed by atoms with Gasteiger partial charge in [-0.1, -0.05) is 0 Å². The minimum Gasteiger partial charge on any atom is -0.399 e. The minimum atomic E-state index is -0.741. The fourth-order valence-corrected chi connectivity index (χ4v) is 3.08. The van der Waals surface area contributed by atoms with Gasteiger partial charge in [-0.2, -0.15) is 0 Å². The van der Waals surface area contributed by atoms with E-state index < -0.39 is 23.2 Å². The molecule has 3 rings (SSSR count). The first-order chi connectivity index (χ1) is 11.6. The molecule has 0 atom stereocenters. The lowest BCUT2D eigenvalue weighted by Gasteiger charge is -2.32. The third-order valence-corrected chi connectivity index (χ3v) is 5.32. The Kier molecular flexibility index (Phi) is 4.37. The van der Waals surface area contributed by atoms with Crippen LogP contribution in [-0.4, -0.2) is 47.1 Å². The van der Waals surface area contributed by atoms with Gasteiger partial charge in [0.1, 0.15) is 0 Å². The highest BCUT2D eigenvalue weighted by Crippen LogP contribution is 2.36. The summed E-state index contributed by atoms with van der Waals surface area (Å²) in [4.78, 5) is 25.2. The third-order valence-electron chi connectivity index (χ3n) is 5.32. The number of rotatable bonds is 3. The van der Waals surface area contributed by atoms with Gasteiger partial charge in [0.25, 0.3) is 11.6 Å². The quantitative estimate of drug-likeness (QED) is 0.476. The van der Waals surface area contributed by atoms with Crippen LogP contribution in [0.5, 0.6) is 0 Å². The van der Waals surface area contributed by atoms with E-state index in [9.17, 15) is 14.9 Å². The van der Waals surface area contributed by atoms with Crippen LogP contribution in [-0.2, 0) is 9.31 Å². The van der Waals surface area contributed by atoms with Crippen molar-refractivity contribution in [2.75, 3.05) is 13.1 Å². The van der Waals surface area contributed by atoms with Crippen LogP contribution in [0.4, 0.5) is 5.69 Å². The monoisotopic (exact) mass is 346 g/mol. The molecule has 2 aliphatic rings. The molecule has 2 saturated heterocycles. The number of non-ortho nitro benzene ring substituents is 1. The van der Waals surface area contributed by atoms with Crippen LogP contribution >= 0.6 is 0 Å². The van der Waals surface area contributed by atoms with E-state index in [0.717, 1.165) is 12.8 Å². The van der Waals surface area contributed by atoms with Gasteiger partial charge in [-0.3, -0.25) is 14.9 Å². The Bertz CT molecular complexity index is 697. The van der Waals surface area contributed by atoms with Crippen molar-refractivity contribution < 1.29 is 19.0 Å². The van der Waals surface area contributed by atoms with Crippen molar-refractivity contribution in [2.24, 2.45) is 0 Å². The summed E-state index contributed by atoms with van der Waals surface area (Å²) in [5, 5.41) is 11.3. The predicted molar refractivity (Wildman–Crippen MR) is 93.9 cm³/mol. The second-order valence-electron chi connectivity index (χ2n) is 7.66. The van der Waals surface area contributed by atoms with E-state index in [0.29, 0.717) is 24.1 Å². The lowest BCUT2D eigenvalue weighted by atomic mass is 9.78. The summed E-state index contributed by atoms with van der Waals surface area (Å²) >= 11 is 0. The number of nitro benzene ring substituents is 1. The number of carbonyl (C=O) groups excluding carboxylic acids is 1. The zero-order valence-corrected chi connectivity index (χ0v) is 15.1. The van der Waals surface area contributed by atoms with Crippen LogP contribution in [0.25, 0.3) is 0 Å². The molecule has 1 amide bonds. The van der Waals surface area contributed by atoms with E-state index in [1.165, 1.54) is 12.1 Å². The van der Waals surface area contributed by atoms with E-state index >= 15 is 0 Å². The molecule has 0 spiro atoms. The second kappa shape index (κ2) is 6.11. The second-order valence-corrected chi connectivity index (χ2v) is 7.66. The van der Waals surface area contributed by atoms with E-state index in [1.807, 2.05) is 27.7 Å². The highest BCUT2D eigenvalue weighted by atomic mass is 16.7. The standard InChI is InChI=1S/C17H23BN2O5/c1-16(2)17(3,4)25-18(24-16)13-9-12(10-14(11-13)20(22)23)15(21)19-7-5-6-8-19/h9-11H,5-8H2,1-4H3. The van der Waals surface area contributed by atoms with Gasteiger partial charge < -0.3 is 14.2 Å². The molecule has 25 heavy (non-hydrogen) atoms. The van der Waals surface area contributed by atoms with Crippen LogP contribution < -0.4 is 5.46 Å². The predicted octanol–water partition coefficient (Wildman–Crippen LogP) is 2.13. The highest BCUT2D eigenvalue weighted by molar-refractivity contribution is 6.62. The van der Waals surface area contributed by atoms with E-state index in [-0.39, 0.29) is 11.6 Å². The first kappa shape index (κ1) is 17.9. The van der Waals surface area contributed by atoms with Gasteiger partial charge >= 0.3 is 7.12 Å². The molecule has 2 heterocycles. The summed E-state index contributed by atoms with van der Waals surface area (Å²) in [6.07, 6.45) is 1.93. The maximum atomic E-state index is 12.7. The molecule has 7 nitrogen and oxygen atoms in total. The van der Waals surface area contributed by atoms with Crippen molar-refractivity contribution >= 4 is 24.2 Å². The summed E-state index contributed by atoms with van der Waals surface area (Å²) in [6.45, 7) is 9.04. The maximum absolute atomic E-state index is 12.7. The highest BCUT2D eigenvalue weighted by Gasteiger charge is 2.52. The van der Waals surface area contributed by atoms with E-state index in [2.05, 4.69) is 0 Å². The molecule has 0 bridgehead atoms. The molecule has 1 aromatic carbocycles. The molecule has 0 unspecified atom stereocenters. The topological polar surface area (TPSA) is 81.9 Å². The minimum absolute atomic E-state index is 0.130. The van der Waals surface area contributed by atoms with Gasteiger partial charge in [0.05, 0.1) is 16.1 Å². The summed E-state index contributed by atoms with van der Waals surface area (Å²) in [5.41, 5.74) is -0.436. The van der Waals surface area contributed by atoms with Crippen molar-refractivity contribution in [2.45, 2.75) is 51.7 Å². The molecule has 0 aromatic heterocycles. The average Bonchev–Trinajstić information content (AvgIpc) is 3.13. The summed E-state index contributed by atoms with van der Waals surface area (Å²) in [5.74, 6) is -0.182. The number of nitrogens with zero attached hydrogens (tertiary/aromatic N) is 2. The molecule has 2 aliphatic heterocycles. The lowest BCUT2D eigenvalue weighted by Crippen LogP contribution is -2.41. The van der Waals surface area contributed by atoms with Crippen LogP contribution in [0.15, 0.2) is 18.2 Å². The van der Waals surface area contributed by atoms with Gasteiger partial charge in [-0.15, -0.1) is 0 Å². The SMILES string of the molecule is CC1(C)OB(c2cc(C(=O)N3CCCC3)cc([N+](=O)[O-])c2)OC1(C)C. The summed E-state index contributed by atoms with van der Waals surface area (Å²) < 4.78 is 12.0. The molecule has 0 aliphatic carbocycles. The van der Waals surface area contributed by atoms with Gasteiger partial charge in [-0.05, 0) is 52.1 Å². The number of benzene rings is 1. The summed E-state index contributed by atoms with van der Waals surface area (Å²) in [6, 6.07) is 4.40. The Labute approximate surface area is 147 Å². The molecule has 1 aromatic rings. The Morgan fingerprint density at radius 3 is 2.20 bits per heavy atom. The van der Waals surface area contributed by atoms with Gasteiger partial charge in [0.15, 0.2) is 0 Å². The van der Waals surface area contributed by atoms with E-state index in [4.69, 9.17) is 9.31 Å². The molecular formula is C17H23BN2O5. The lowest BCUT2D eigenvalue weighted by molar-refractivity contribution is -0.384. The zero-order valence-electron chi connectivity index (χ0n) is 15.1. The van der Waals surface area contributed by atoms with Gasteiger partial charge in [0, 0.05) is 30.8 Å². The fourth-order valence-electron chi connectivity index (χ4n) is 3.08. The fraction of sp³-hybridized carbons (Fsp3) is 0.588. The number of hydrogen-bond donors (Lipinski definition) is 0. The summed E-state index contributed by atoms with van der Waals surface area (Å²) in [7, 11) is -0.741. The van der Waals surface area contributed by atoms with Crippen LogP contribution in [0.3, 0.4) is 0 Å². The van der Waals surface area contributed by atoms with Crippen molar-refractivity contribution in [3.8, 4) is 0 Å². The zero-order chi connectivity index (χ0) is 18.4. The first-order valence-corrected chi connectivity index (χ1v) is 8.55. The van der Waals surface area contributed by atoms with Crippen molar-refractivity contribution in [3.05, 3.63) is 33.9 Å². The Hall–Kier alpha value is -1.93. The van der Waals surface area contributed by atoms with E-state index in [1.54, 1.807) is 11.0 Å². The molecule has 134 valence electrons. The van der Waals surface area contributed by atoms with Gasteiger partial charge in [-0.25, -0.2) is 0 Å². The van der Waals surface area contributed by atoms with Crippen LogP contribution in [0.1, 0.15) is 50.9 Å². The molecule has 0 N–H and O–H groups in total. The largest absolute Gasteiger partial charge is 0.495 e. The number of carbonyl (C=O) groups is 1. The van der Waals surface area contributed by atoms with Crippen molar-refractivity contribution in [1.29, 1.82) is 0 Å². The molecule has 8 heteroatoms. The Morgan fingerprint density at radius 2 is 1.68 bits per heavy atom. The van der Waals surface area contributed by atoms with Crippen molar-refractivity contribution in [1.82, 2.24) is 4.90 Å². The normalized spacial score (nSPS) is 21.6. The van der Waals surface area contributed by atoms with Gasteiger partial charge in [0.2, 0.25) is 0 Å². The Balaban J connectivity index is 1.97. The molecular weight excluding hydrogens is 323 g/mol. The Morgan fingerprint density at radius 1 is 1.12 bits per heavy atom. The molecule has 0 saturated carbocycles. The molecule has 0 radical (unpaired) electrons. The number of amides is 1. The average molecular weight is 346 g/mol. The molecule has 2 fully saturated rings. The van der Waals surface area contributed by atoms with Crippen LogP contribution in [0, 0.1) is 10.1 Å². The smallest absolute Gasteiger partial charge is 0.399 e.